The molecule has 3 aromatic carbocycles. The largest absolute Gasteiger partial charge is 0.493 e. The zero-order valence-electron chi connectivity index (χ0n) is 29.6. The number of fused-ring (bicyclic) bond motifs is 8. The molecular weight excluding hydrogens is 687 g/mol. The van der Waals surface area contributed by atoms with Crippen LogP contribution in [0.25, 0.3) is 32.9 Å². The van der Waals surface area contributed by atoms with Gasteiger partial charge in [-0.1, -0.05) is 23.7 Å². The zero-order valence-corrected chi connectivity index (χ0v) is 31.2. The van der Waals surface area contributed by atoms with Crippen LogP contribution >= 0.6 is 23.4 Å². The number of benzene rings is 3. The first kappa shape index (κ1) is 35.1. The number of esters is 1. The summed E-state index contributed by atoms with van der Waals surface area (Å²) in [5.74, 6) is 1.46. The number of halogens is 2. The quantitative estimate of drug-likeness (QED) is 0.173. The van der Waals surface area contributed by atoms with Crippen molar-refractivity contribution in [1.82, 2.24) is 29.0 Å². The summed E-state index contributed by atoms with van der Waals surface area (Å²) < 4.78 is 32.2. The third kappa shape index (κ3) is 6.99. The molecule has 0 saturated carbocycles. The molecule has 0 fully saturated rings. The van der Waals surface area contributed by atoms with E-state index < -0.39 is 5.97 Å². The number of methoxy groups -OCH3 is 1. The van der Waals surface area contributed by atoms with E-state index in [0.717, 1.165) is 85.4 Å². The Morgan fingerprint density at radius 3 is 2.67 bits per heavy atom. The van der Waals surface area contributed by atoms with Gasteiger partial charge < -0.3 is 18.9 Å². The number of nitrogens with zero attached hydrogens (tertiary/aromatic N) is 6. The summed E-state index contributed by atoms with van der Waals surface area (Å²) in [6.07, 6.45) is 4.65. The molecule has 7 rings (SSSR count). The van der Waals surface area contributed by atoms with E-state index >= 15 is 0 Å². The molecule has 1 aliphatic rings. The van der Waals surface area contributed by atoms with E-state index in [9.17, 15) is 9.18 Å². The van der Waals surface area contributed by atoms with Gasteiger partial charge in [0.15, 0.2) is 0 Å². The van der Waals surface area contributed by atoms with Gasteiger partial charge in [0.05, 0.1) is 41.8 Å². The number of aromatic nitrogens is 5. The van der Waals surface area contributed by atoms with Crippen molar-refractivity contribution in [3.63, 3.8) is 0 Å². The fourth-order valence-corrected chi connectivity index (χ4v) is 8.33. The van der Waals surface area contributed by atoms with Crippen LogP contribution in [0.3, 0.4) is 0 Å². The number of likely N-dealkylation sites (N-methyl/N-ethyl adjacent to an activating group) is 1. The summed E-state index contributed by atoms with van der Waals surface area (Å²) in [6, 6.07) is 15.0. The molecule has 266 valence electrons. The highest BCUT2D eigenvalue weighted by Crippen LogP contribution is 2.42. The highest BCUT2D eigenvalue weighted by atomic mass is 35.5. The van der Waals surface area contributed by atoms with Crippen LogP contribution < -0.4 is 4.74 Å². The summed E-state index contributed by atoms with van der Waals surface area (Å²) in [6.45, 7) is 1.65. The van der Waals surface area contributed by atoms with Crippen molar-refractivity contribution in [2.75, 3.05) is 34.4 Å². The summed E-state index contributed by atoms with van der Waals surface area (Å²) in [7, 11) is 9.38. The average molecular weight is 729 g/mol. The molecule has 3 aromatic heterocycles. The lowest BCUT2D eigenvalue weighted by Gasteiger charge is -2.17. The van der Waals surface area contributed by atoms with Gasteiger partial charge in [-0.05, 0) is 92.7 Å². The lowest BCUT2D eigenvalue weighted by Crippen LogP contribution is -2.22. The monoisotopic (exact) mass is 728 g/mol. The second-order valence-electron chi connectivity index (χ2n) is 13.4. The van der Waals surface area contributed by atoms with Crippen LogP contribution in [0.15, 0.2) is 54.7 Å². The lowest BCUT2D eigenvalue weighted by molar-refractivity contribution is 0.0587. The van der Waals surface area contributed by atoms with Crippen LogP contribution in [0.5, 0.6) is 5.75 Å². The van der Waals surface area contributed by atoms with Crippen LogP contribution in [0.4, 0.5) is 4.39 Å². The van der Waals surface area contributed by atoms with E-state index in [-0.39, 0.29) is 5.82 Å². The smallest absolute Gasteiger partial charge is 0.354 e. The van der Waals surface area contributed by atoms with Gasteiger partial charge in [0, 0.05) is 66.3 Å². The Balaban J connectivity index is 1.38. The number of thioether (sulfide) groups is 1. The molecule has 0 N–H and O–H groups in total. The molecule has 0 spiro atoms. The maximum absolute atomic E-state index is 14.4. The van der Waals surface area contributed by atoms with Crippen LogP contribution in [0, 0.1) is 5.82 Å². The van der Waals surface area contributed by atoms with Crippen molar-refractivity contribution in [2.45, 2.75) is 43.7 Å². The first-order valence-corrected chi connectivity index (χ1v) is 18.7. The third-order valence-corrected chi connectivity index (χ3v) is 11.0. The maximum atomic E-state index is 14.4. The Hall–Kier alpha value is -4.32. The Bertz CT molecular complexity index is 2260. The molecule has 12 heteroatoms. The second kappa shape index (κ2) is 14.7. The third-order valence-electron chi connectivity index (χ3n) is 9.65. The Kier molecular flexibility index (Phi) is 10.1. The van der Waals surface area contributed by atoms with Gasteiger partial charge >= 0.3 is 5.97 Å². The summed E-state index contributed by atoms with van der Waals surface area (Å²) in [4.78, 5) is 15.8. The van der Waals surface area contributed by atoms with Gasteiger partial charge in [0.1, 0.15) is 17.3 Å². The molecule has 6 aromatic rings. The molecule has 1 aliphatic heterocycles. The molecule has 0 saturated heterocycles. The van der Waals surface area contributed by atoms with Crippen molar-refractivity contribution in [2.24, 2.45) is 14.1 Å². The van der Waals surface area contributed by atoms with Crippen molar-refractivity contribution < 1.29 is 18.7 Å². The number of carbonyl (C=O) groups excluding carboxylic acids is 1. The summed E-state index contributed by atoms with van der Waals surface area (Å²) in [5, 5.41) is 12.7. The highest BCUT2D eigenvalue weighted by molar-refractivity contribution is 7.97. The normalized spacial score (nSPS) is 14.1. The van der Waals surface area contributed by atoms with Gasteiger partial charge in [-0.3, -0.25) is 9.36 Å². The number of aryl methyl sites for hydroxylation is 5. The summed E-state index contributed by atoms with van der Waals surface area (Å²) in [5.41, 5.74) is 8.32. The Morgan fingerprint density at radius 1 is 1.04 bits per heavy atom. The fourth-order valence-electron chi connectivity index (χ4n) is 7.21. The lowest BCUT2D eigenvalue weighted by atomic mass is 10.0. The topological polar surface area (TPSA) is 79.3 Å². The molecule has 0 unspecified atom stereocenters. The molecule has 0 radical (unpaired) electrons. The standard InChI is InChI=1S/C39H42ClFN6O3S/c1-44(2)14-15-47-37-32-12-13-33(40)35(37)36-26(21-42-46(36)4)22-51-23-28-20-29(45(3)43-28)10-8-24-17-25-19-27(41)9-11-30(25)34(18-24)50-16-6-7-31(32)38(47)39(48)49-5/h9,11-13,17-21H,6-8,10,14-16,22-23H2,1-5H3. The number of hydrogen-bond acceptors (Lipinski definition) is 7. The number of ether oxygens (including phenoxy) is 2. The Morgan fingerprint density at radius 2 is 1.86 bits per heavy atom. The molecule has 0 amide bonds. The van der Waals surface area contributed by atoms with Gasteiger partial charge in [-0.2, -0.15) is 22.0 Å². The number of hydrogen-bond donors (Lipinski definition) is 0. The van der Waals surface area contributed by atoms with E-state index in [0.29, 0.717) is 49.0 Å². The fraction of sp³-hybridized carbons (Fsp3) is 0.359. The second-order valence-corrected chi connectivity index (χ2v) is 14.8. The summed E-state index contributed by atoms with van der Waals surface area (Å²) >= 11 is 8.90. The van der Waals surface area contributed by atoms with Crippen molar-refractivity contribution in [3.8, 4) is 17.0 Å². The van der Waals surface area contributed by atoms with Crippen molar-refractivity contribution >= 4 is 51.0 Å². The minimum Gasteiger partial charge on any atom is -0.493 e. The Labute approximate surface area is 306 Å². The predicted molar refractivity (Wildman–Crippen MR) is 202 cm³/mol. The molecule has 9 nitrogen and oxygen atoms in total. The zero-order chi connectivity index (χ0) is 35.8. The molecule has 4 heterocycles. The van der Waals surface area contributed by atoms with E-state index in [1.165, 1.54) is 13.2 Å². The van der Waals surface area contributed by atoms with Gasteiger partial charge in [0.25, 0.3) is 0 Å². The number of carbonyl (C=O) groups is 1. The molecular formula is C39H42ClFN6O3S. The maximum Gasteiger partial charge on any atom is 0.354 e. The first-order chi connectivity index (χ1) is 24.6. The minimum absolute atomic E-state index is 0.282. The van der Waals surface area contributed by atoms with Crippen LogP contribution in [-0.2, 0) is 56.1 Å². The van der Waals surface area contributed by atoms with Gasteiger partial charge in [-0.15, -0.1) is 0 Å². The van der Waals surface area contributed by atoms with E-state index in [1.807, 2.05) is 62.0 Å². The first-order valence-electron chi connectivity index (χ1n) is 17.1. The number of rotatable bonds is 4. The van der Waals surface area contributed by atoms with Crippen LogP contribution in [0.2, 0.25) is 5.02 Å². The van der Waals surface area contributed by atoms with Crippen LogP contribution in [-0.4, -0.2) is 69.4 Å². The molecule has 0 aliphatic carbocycles. The van der Waals surface area contributed by atoms with Crippen molar-refractivity contribution in [1.29, 1.82) is 0 Å². The minimum atomic E-state index is -0.395. The van der Waals surface area contributed by atoms with Crippen molar-refractivity contribution in [3.05, 3.63) is 99.3 Å². The van der Waals surface area contributed by atoms with E-state index in [4.69, 9.17) is 26.2 Å². The molecule has 0 atom stereocenters. The van der Waals surface area contributed by atoms with Crippen LogP contribution in [0.1, 0.15) is 45.0 Å². The molecule has 51 heavy (non-hydrogen) atoms. The van der Waals surface area contributed by atoms with Gasteiger partial charge in [-0.25, -0.2) is 9.18 Å². The predicted octanol–water partition coefficient (Wildman–Crippen LogP) is 7.61. The van der Waals surface area contributed by atoms with Gasteiger partial charge in [0.2, 0.25) is 0 Å². The molecule has 8 bridgehead atoms. The SMILES string of the molecule is COC(=O)c1c2c3ccc(Cl)c(c3n1CCN(C)C)-c1c(cnn1C)CSCc1cc(n(C)n1)CCc1cc(c3ccc(F)cc3c1)OCCC2. The average Bonchev–Trinajstić information content (AvgIpc) is 3.75. The van der Waals surface area contributed by atoms with E-state index in [2.05, 4.69) is 26.7 Å². The highest BCUT2D eigenvalue weighted by Gasteiger charge is 2.28. The van der Waals surface area contributed by atoms with E-state index in [1.54, 1.807) is 23.9 Å².